The molecule has 0 aliphatic carbocycles. The van der Waals surface area contributed by atoms with Crippen LogP contribution in [0.25, 0.3) is 32.9 Å². The fourth-order valence-electron chi connectivity index (χ4n) is 4.49. The maximum atomic E-state index is 6.50. The van der Waals surface area contributed by atoms with Gasteiger partial charge in [0.1, 0.15) is 22.5 Å². The number of aromatic nitrogens is 2. The average molecular weight is 545 g/mol. The van der Waals surface area contributed by atoms with Crippen molar-refractivity contribution in [3.63, 3.8) is 0 Å². The third-order valence-electron chi connectivity index (χ3n) is 6.56. The van der Waals surface area contributed by atoms with E-state index < -0.39 is 15.1 Å². The van der Waals surface area contributed by atoms with Crippen LogP contribution in [0.4, 0.5) is 0 Å². The molecule has 6 rings (SSSR count). The van der Waals surface area contributed by atoms with Crippen LogP contribution in [-0.2, 0) is 0 Å². The molecule has 2 aromatic heterocycles. The van der Waals surface area contributed by atoms with Crippen LogP contribution in [0.2, 0.25) is 0 Å². The molecule has 0 radical (unpaired) electrons. The van der Waals surface area contributed by atoms with E-state index in [1.807, 2.05) is 86.6 Å². The van der Waals surface area contributed by atoms with Gasteiger partial charge in [-0.2, -0.15) is 0 Å². The van der Waals surface area contributed by atoms with Crippen LogP contribution >= 0.6 is 0 Å². The zero-order valence-electron chi connectivity index (χ0n) is 22.6. The first-order valence-corrected chi connectivity index (χ1v) is 14.3. The van der Waals surface area contributed by atoms with E-state index in [0.29, 0.717) is 17.2 Å². The Morgan fingerprint density at radius 1 is 0.500 bits per heavy atom. The van der Waals surface area contributed by atoms with Gasteiger partial charge in [0.2, 0.25) is 0 Å². The van der Waals surface area contributed by atoms with Crippen molar-refractivity contribution in [2.45, 2.75) is 20.8 Å². The van der Waals surface area contributed by atoms with E-state index in [-0.39, 0.29) is 5.48 Å². The number of para-hydroxylation sites is 2. The summed E-state index contributed by atoms with van der Waals surface area (Å²) in [5, 5.41) is 1.99. The summed E-state index contributed by atoms with van der Waals surface area (Å²) in [5.74, 6) is 1.94. The second-order valence-electron chi connectivity index (χ2n) is 9.59. The van der Waals surface area contributed by atoms with Gasteiger partial charge in [-0.25, -0.2) is 9.97 Å². The molecule has 0 aliphatic heterocycles. The fraction of sp³-hybridized carbons (Fsp3) is 0.0909. The molecular formula is C33H29AlN2O4. The largest absolute Gasteiger partial charge is 1.20 e. The molecule has 198 valence electrons. The summed E-state index contributed by atoms with van der Waals surface area (Å²) in [6, 6.07) is 36.4. The number of rotatable bonds is 7. The first-order chi connectivity index (χ1) is 19.0. The van der Waals surface area contributed by atoms with Gasteiger partial charge in [-0.15, -0.1) is 0 Å². The van der Waals surface area contributed by atoms with Crippen molar-refractivity contribution in [3.05, 3.63) is 126 Å². The summed E-state index contributed by atoms with van der Waals surface area (Å²) in [6.45, 7) is 6.03. The fourth-order valence-corrected chi connectivity index (χ4v) is 5.81. The number of pyridine rings is 2. The smallest absolute Gasteiger partial charge is 0.577 e. The quantitative estimate of drug-likeness (QED) is 0.201. The summed E-state index contributed by atoms with van der Waals surface area (Å²) < 4.78 is 19.4. The summed E-state index contributed by atoms with van der Waals surface area (Å²) >= 11 is -2.84. The van der Waals surface area contributed by atoms with E-state index >= 15 is 0 Å². The van der Waals surface area contributed by atoms with Gasteiger partial charge in [-0.3, -0.25) is 0 Å². The Hall–Kier alpha value is -4.41. The Morgan fingerprint density at radius 3 is 1.48 bits per heavy atom. The van der Waals surface area contributed by atoms with Gasteiger partial charge in [0.05, 0.1) is 5.75 Å². The molecule has 40 heavy (non-hydrogen) atoms. The summed E-state index contributed by atoms with van der Waals surface area (Å²) in [5.41, 5.74) is 6.90. The second kappa shape index (κ2) is 11.8. The van der Waals surface area contributed by atoms with Crippen molar-refractivity contribution in [1.29, 1.82) is 0 Å². The van der Waals surface area contributed by atoms with Crippen molar-refractivity contribution in [2.24, 2.45) is 0 Å². The standard InChI is InChI=1S/C13H12O.2C10H9NO.Al.H2O/c1-10-2-4-11(5-3-10)12-6-8-13(14)9-7-12;2*1-7-5-6-8-3-2-4-9(12)10(8)11-7;;/h2-9,14H,1H3;2*2-6,12H,1H3;;1H2/q;;;+3;/p-3. The molecule has 2 heterocycles. The summed E-state index contributed by atoms with van der Waals surface area (Å²) in [7, 11) is 0. The van der Waals surface area contributed by atoms with Crippen LogP contribution < -0.4 is 11.4 Å². The molecule has 0 saturated carbocycles. The number of aryl methyl sites for hydroxylation is 3. The van der Waals surface area contributed by atoms with Crippen LogP contribution in [0.1, 0.15) is 17.0 Å². The van der Waals surface area contributed by atoms with Crippen LogP contribution in [-0.4, -0.2) is 30.6 Å². The maximum absolute atomic E-state index is 6.50. The first kappa shape index (κ1) is 27.2. The van der Waals surface area contributed by atoms with E-state index in [4.69, 9.17) is 21.3 Å². The lowest BCUT2D eigenvalue weighted by Gasteiger charge is -2.18. The molecule has 6 aromatic rings. The lowest BCUT2D eigenvalue weighted by Crippen LogP contribution is -2.37. The molecule has 0 fully saturated rings. The van der Waals surface area contributed by atoms with Crippen molar-refractivity contribution < 1.29 is 16.8 Å². The monoisotopic (exact) mass is 544 g/mol. The highest BCUT2D eigenvalue weighted by Gasteiger charge is 2.45. The number of nitrogens with zero attached hydrogens (tertiary/aromatic N) is 2. The Labute approximate surface area is 238 Å². The van der Waals surface area contributed by atoms with Crippen molar-refractivity contribution in [1.82, 2.24) is 9.97 Å². The van der Waals surface area contributed by atoms with Crippen LogP contribution in [0, 0.1) is 20.8 Å². The zero-order chi connectivity index (χ0) is 26.8. The van der Waals surface area contributed by atoms with Crippen LogP contribution in [0.3, 0.4) is 0 Å². The highest BCUT2D eigenvalue weighted by Crippen LogP contribution is 2.29. The third-order valence-corrected chi connectivity index (χ3v) is 7.92. The Morgan fingerprint density at radius 2 is 0.975 bits per heavy atom. The SMILES string of the molecule is Cc1ccc(-c2ccc([O][Al]([O]c3cccc4ccc(C)nc34)[O]c3cccc4ccc(C)nc34)cc2)cc1.O. The number of hydrogen-bond donors (Lipinski definition) is 0. The molecular weight excluding hydrogens is 515 g/mol. The molecule has 0 saturated heterocycles. The number of fused-ring (bicyclic) bond motifs is 2. The van der Waals surface area contributed by atoms with Crippen molar-refractivity contribution in [3.8, 4) is 28.4 Å². The molecule has 4 aromatic carbocycles. The average Bonchev–Trinajstić information content (AvgIpc) is 2.94. The van der Waals surface area contributed by atoms with Gasteiger partial charge in [0.15, 0.2) is 0 Å². The highest BCUT2D eigenvalue weighted by molar-refractivity contribution is 6.40. The molecule has 0 spiro atoms. The Kier molecular flexibility index (Phi) is 7.99. The maximum Gasteiger partial charge on any atom is 1.20 e. The Bertz CT molecular complexity index is 1690. The lowest BCUT2D eigenvalue weighted by molar-refractivity contribution is 0.310. The van der Waals surface area contributed by atoms with E-state index in [9.17, 15) is 0 Å². The third kappa shape index (κ3) is 5.93. The first-order valence-electron chi connectivity index (χ1n) is 12.9. The highest BCUT2D eigenvalue weighted by atomic mass is 27.3. The molecule has 0 unspecified atom stereocenters. The number of benzene rings is 4. The van der Waals surface area contributed by atoms with Gasteiger partial charge in [-0.1, -0.05) is 78.4 Å². The minimum absolute atomic E-state index is 0. The van der Waals surface area contributed by atoms with Crippen LogP contribution in [0.15, 0.2) is 109 Å². The zero-order valence-corrected chi connectivity index (χ0v) is 23.7. The van der Waals surface area contributed by atoms with E-state index in [1.54, 1.807) is 0 Å². The summed E-state index contributed by atoms with van der Waals surface area (Å²) in [6.07, 6.45) is 0. The molecule has 7 heteroatoms. The minimum Gasteiger partial charge on any atom is -0.577 e. The predicted octanol–water partition coefficient (Wildman–Crippen LogP) is 7.07. The second-order valence-corrected chi connectivity index (χ2v) is 10.9. The van der Waals surface area contributed by atoms with Gasteiger partial charge in [-0.05, 0) is 68.3 Å². The van der Waals surface area contributed by atoms with Gasteiger partial charge < -0.3 is 16.8 Å². The summed E-state index contributed by atoms with van der Waals surface area (Å²) in [4.78, 5) is 9.46. The van der Waals surface area contributed by atoms with Crippen molar-refractivity contribution >= 4 is 37.0 Å². The van der Waals surface area contributed by atoms with E-state index in [2.05, 4.69) is 43.3 Å². The molecule has 0 atom stereocenters. The molecule has 0 aliphatic rings. The van der Waals surface area contributed by atoms with Gasteiger partial charge >= 0.3 is 15.1 Å². The van der Waals surface area contributed by atoms with Crippen molar-refractivity contribution in [2.75, 3.05) is 0 Å². The van der Waals surface area contributed by atoms with Gasteiger partial charge in [0.25, 0.3) is 0 Å². The normalized spacial score (nSPS) is 10.7. The van der Waals surface area contributed by atoms with E-state index in [0.717, 1.165) is 44.3 Å². The topological polar surface area (TPSA) is 85.0 Å². The minimum atomic E-state index is -2.84. The molecule has 6 nitrogen and oxygen atoms in total. The Balaban J connectivity index is 0.00000323. The van der Waals surface area contributed by atoms with Gasteiger partial charge in [0, 0.05) is 22.2 Å². The predicted molar refractivity (Wildman–Crippen MR) is 161 cm³/mol. The molecule has 2 N–H and O–H groups in total. The lowest BCUT2D eigenvalue weighted by atomic mass is 10.0. The van der Waals surface area contributed by atoms with E-state index in [1.165, 1.54) is 5.56 Å². The molecule has 0 bridgehead atoms. The molecule has 0 amide bonds. The van der Waals surface area contributed by atoms with Crippen LogP contribution in [0.5, 0.6) is 17.2 Å². The number of hydrogen-bond acceptors (Lipinski definition) is 5.